The average Bonchev–Trinajstić information content (AvgIpc) is 2.38. The largest absolute Gasteiger partial charge is 0.383 e. The number of nitrogens with one attached hydrogen (secondary N) is 1. The van der Waals surface area contributed by atoms with Gasteiger partial charge in [-0.1, -0.05) is 12.1 Å². The van der Waals surface area contributed by atoms with Crippen molar-refractivity contribution in [2.45, 2.75) is 0 Å². The predicted octanol–water partition coefficient (Wildman–Crippen LogP) is 0.0512. The second-order valence-electron chi connectivity index (χ2n) is 3.91. The second-order valence-corrected chi connectivity index (χ2v) is 3.91. The van der Waals surface area contributed by atoms with Gasteiger partial charge in [-0.15, -0.1) is 0 Å². The van der Waals surface area contributed by atoms with Gasteiger partial charge in [-0.3, -0.25) is 9.78 Å². The SMILES string of the molecule is Nc1ccn(-c2nc3ccccc3c(=O)[nH]2)c(=O)n1. The molecule has 1 aromatic carbocycles. The number of hydrogen-bond acceptors (Lipinski definition) is 5. The van der Waals surface area contributed by atoms with Crippen LogP contribution in [0.1, 0.15) is 0 Å². The lowest BCUT2D eigenvalue weighted by molar-refractivity contribution is 0.848. The lowest BCUT2D eigenvalue weighted by Gasteiger charge is -2.04. The summed E-state index contributed by atoms with van der Waals surface area (Å²) >= 11 is 0. The van der Waals surface area contributed by atoms with Gasteiger partial charge >= 0.3 is 5.69 Å². The lowest BCUT2D eigenvalue weighted by Crippen LogP contribution is -2.25. The third kappa shape index (κ3) is 1.86. The highest BCUT2D eigenvalue weighted by atomic mass is 16.1. The number of benzene rings is 1. The summed E-state index contributed by atoms with van der Waals surface area (Å²) in [5.41, 5.74) is 5.00. The standard InChI is InChI=1S/C12H9N5O2/c13-9-5-6-17(12(19)15-9)11-14-8-4-2-1-3-7(8)10(18)16-11/h1-6H,(H2,13,15,19)(H,14,16,18). The maximum atomic E-state index is 11.9. The molecule has 0 aliphatic heterocycles. The summed E-state index contributed by atoms with van der Waals surface area (Å²) in [6.07, 6.45) is 1.41. The molecule has 2 heterocycles. The van der Waals surface area contributed by atoms with E-state index < -0.39 is 5.69 Å². The number of H-pyrrole nitrogens is 1. The Morgan fingerprint density at radius 3 is 2.68 bits per heavy atom. The molecule has 0 fully saturated rings. The second kappa shape index (κ2) is 4.05. The first-order valence-electron chi connectivity index (χ1n) is 5.50. The van der Waals surface area contributed by atoms with E-state index in [1.165, 1.54) is 12.3 Å². The average molecular weight is 255 g/mol. The molecule has 0 atom stereocenters. The molecule has 3 aromatic rings. The molecule has 0 aliphatic carbocycles. The number of aromatic amines is 1. The van der Waals surface area contributed by atoms with E-state index in [2.05, 4.69) is 15.0 Å². The van der Waals surface area contributed by atoms with Crippen LogP contribution in [-0.4, -0.2) is 19.5 Å². The predicted molar refractivity (Wildman–Crippen MR) is 70.2 cm³/mol. The van der Waals surface area contributed by atoms with Gasteiger partial charge in [0.05, 0.1) is 10.9 Å². The van der Waals surface area contributed by atoms with E-state index in [1.807, 2.05) is 0 Å². The van der Waals surface area contributed by atoms with Gasteiger partial charge in [0.25, 0.3) is 5.56 Å². The number of nitrogens with zero attached hydrogens (tertiary/aromatic N) is 3. The number of fused-ring (bicyclic) bond motifs is 1. The Kier molecular flexibility index (Phi) is 2.38. The van der Waals surface area contributed by atoms with Gasteiger partial charge in [0, 0.05) is 6.20 Å². The van der Waals surface area contributed by atoms with E-state index in [-0.39, 0.29) is 17.3 Å². The highest BCUT2D eigenvalue weighted by molar-refractivity contribution is 5.77. The summed E-state index contributed by atoms with van der Waals surface area (Å²) in [5.74, 6) is 0.227. The van der Waals surface area contributed by atoms with Crippen molar-refractivity contribution in [3.05, 3.63) is 57.4 Å². The molecule has 3 N–H and O–H groups in total. The molecular formula is C12H9N5O2. The number of nitrogens with two attached hydrogens (primary N) is 1. The number of aromatic nitrogens is 4. The number of hydrogen-bond donors (Lipinski definition) is 2. The van der Waals surface area contributed by atoms with E-state index in [4.69, 9.17) is 5.73 Å². The minimum Gasteiger partial charge on any atom is -0.383 e. The maximum absolute atomic E-state index is 11.9. The highest BCUT2D eigenvalue weighted by Gasteiger charge is 2.07. The molecule has 0 saturated carbocycles. The first kappa shape index (κ1) is 11.1. The Morgan fingerprint density at radius 1 is 1.11 bits per heavy atom. The third-order valence-corrected chi connectivity index (χ3v) is 2.65. The molecule has 0 radical (unpaired) electrons. The van der Waals surface area contributed by atoms with Crippen LogP contribution in [0.5, 0.6) is 0 Å². The van der Waals surface area contributed by atoms with Crippen molar-refractivity contribution in [1.82, 2.24) is 19.5 Å². The molecule has 7 heteroatoms. The molecule has 94 valence electrons. The zero-order chi connectivity index (χ0) is 13.4. The maximum Gasteiger partial charge on any atom is 0.356 e. The first-order valence-corrected chi connectivity index (χ1v) is 5.50. The van der Waals surface area contributed by atoms with Crippen LogP contribution in [0.25, 0.3) is 16.9 Å². The zero-order valence-electron chi connectivity index (χ0n) is 9.70. The first-order chi connectivity index (χ1) is 9.15. The van der Waals surface area contributed by atoms with Crippen LogP contribution in [0.3, 0.4) is 0 Å². The van der Waals surface area contributed by atoms with E-state index in [0.29, 0.717) is 10.9 Å². The monoisotopic (exact) mass is 255 g/mol. The number of anilines is 1. The number of rotatable bonds is 1. The van der Waals surface area contributed by atoms with Crippen molar-refractivity contribution < 1.29 is 0 Å². The summed E-state index contributed by atoms with van der Waals surface area (Å²) in [7, 11) is 0. The Hall–Kier alpha value is -2.96. The number of para-hydroxylation sites is 1. The summed E-state index contributed by atoms with van der Waals surface area (Å²) in [5, 5.41) is 0.461. The van der Waals surface area contributed by atoms with Gasteiger partial charge < -0.3 is 5.73 Å². The Morgan fingerprint density at radius 2 is 1.89 bits per heavy atom. The van der Waals surface area contributed by atoms with Gasteiger partial charge in [-0.05, 0) is 18.2 Å². The van der Waals surface area contributed by atoms with Crippen LogP contribution in [0, 0.1) is 0 Å². The summed E-state index contributed by atoms with van der Waals surface area (Å²) < 4.78 is 1.13. The van der Waals surface area contributed by atoms with Gasteiger partial charge in [0.2, 0.25) is 5.95 Å². The van der Waals surface area contributed by atoms with Crippen LogP contribution in [-0.2, 0) is 0 Å². The molecule has 0 saturated heterocycles. The smallest absolute Gasteiger partial charge is 0.356 e. The molecule has 7 nitrogen and oxygen atoms in total. The minimum absolute atomic E-state index is 0.112. The Bertz CT molecular complexity index is 881. The van der Waals surface area contributed by atoms with Crippen LogP contribution < -0.4 is 17.0 Å². The van der Waals surface area contributed by atoms with E-state index in [9.17, 15) is 9.59 Å². The van der Waals surface area contributed by atoms with Crippen molar-refractivity contribution in [1.29, 1.82) is 0 Å². The molecule has 19 heavy (non-hydrogen) atoms. The van der Waals surface area contributed by atoms with E-state index in [0.717, 1.165) is 4.57 Å². The third-order valence-electron chi connectivity index (χ3n) is 2.65. The van der Waals surface area contributed by atoms with E-state index >= 15 is 0 Å². The fourth-order valence-corrected chi connectivity index (χ4v) is 1.77. The van der Waals surface area contributed by atoms with Gasteiger partial charge in [-0.25, -0.2) is 14.3 Å². The highest BCUT2D eigenvalue weighted by Crippen LogP contribution is 2.07. The number of nitrogen functional groups attached to an aromatic ring is 1. The van der Waals surface area contributed by atoms with Crippen LogP contribution in [0.4, 0.5) is 5.82 Å². The molecular weight excluding hydrogens is 246 g/mol. The van der Waals surface area contributed by atoms with Crippen molar-refractivity contribution in [2.75, 3.05) is 5.73 Å². The molecule has 0 aliphatic rings. The quantitative estimate of drug-likeness (QED) is 0.639. The van der Waals surface area contributed by atoms with Crippen molar-refractivity contribution in [3.63, 3.8) is 0 Å². The van der Waals surface area contributed by atoms with Gasteiger partial charge in [-0.2, -0.15) is 4.98 Å². The van der Waals surface area contributed by atoms with Gasteiger partial charge in [0.1, 0.15) is 5.82 Å². The fourth-order valence-electron chi connectivity index (χ4n) is 1.77. The molecule has 0 bridgehead atoms. The summed E-state index contributed by atoms with van der Waals surface area (Å²) in [4.78, 5) is 33.9. The van der Waals surface area contributed by atoms with Crippen LogP contribution >= 0.6 is 0 Å². The molecule has 0 amide bonds. The zero-order valence-corrected chi connectivity index (χ0v) is 9.70. The van der Waals surface area contributed by atoms with Crippen LogP contribution in [0.2, 0.25) is 0 Å². The van der Waals surface area contributed by atoms with Crippen LogP contribution in [0.15, 0.2) is 46.1 Å². The van der Waals surface area contributed by atoms with E-state index in [1.54, 1.807) is 24.3 Å². The fraction of sp³-hybridized carbons (Fsp3) is 0. The summed E-state index contributed by atoms with van der Waals surface area (Å²) in [6.45, 7) is 0. The Labute approximate surface area is 106 Å². The molecule has 2 aromatic heterocycles. The van der Waals surface area contributed by atoms with Gasteiger partial charge in [0.15, 0.2) is 0 Å². The lowest BCUT2D eigenvalue weighted by atomic mass is 10.2. The molecule has 0 spiro atoms. The molecule has 3 rings (SSSR count). The Balaban J connectivity index is 2.32. The minimum atomic E-state index is -0.599. The summed E-state index contributed by atoms with van der Waals surface area (Å²) in [6, 6.07) is 8.33. The van der Waals surface area contributed by atoms with Crippen molar-refractivity contribution >= 4 is 16.7 Å². The molecule has 0 unspecified atom stereocenters. The van der Waals surface area contributed by atoms with Crippen molar-refractivity contribution in [2.24, 2.45) is 0 Å². The normalized spacial score (nSPS) is 10.7. The van der Waals surface area contributed by atoms with Crippen molar-refractivity contribution in [3.8, 4) is 5.95 Å². The topological polar surface area (TPSA) is 107 Å².